The predicted octanol–water partition coefficient (Wildman–Crippen LogP) is 2.65. The van der Waals surface area contributed by atoms with Crippen molar-refractivity contribution in [3.8, 4) is 0 Å². The van der Waals surface area contributed by atoms with Gasteiger partial charge in [0.25, 0.3) is 0 Å². The lowest BCUT2D eigenvalue weighted by Crippen LogP contribution is -2.44. The van der Waals surface area contributed by atoms with Crippen LogP contribution >= 0.6 is 0 Å². The molecule has 21 heavy (non-hydrogen) atoms. The lowest BCUT2D eigenvalue weighted by molar-refractivity contribution is 0.257. The van der Waals surface area contributed by atoms with Gasteiger partial charge in [-0.3, -0.25) is 0 Å². The number of nitrogens with zero attached hydrogens (tertiary/aromatic N) is 1. The molecule has 0 bridgehead atoms. The monoisotopic (exact) mass is 314 g/mol. The fourth-order valence-electron chi connectivity index (χ4n) is 2.10. The molecule has 1 aliphatic carbocycles. The molecule has 2 rings (SSSR count). The van der Waals surface area contributed by atoms with Crippen LogP contribution in [0.15, 0.2) is 15.4 Å². The largest absolute Gasteiger partial charge is 0.464 e. The minimum absolute atomic E-state index is 0.277. The van der Waals surface area contributed by atoms with E-state index in [9.17, 15) is 8.42 Å². The Morgan fingerprint density at radius 2 is 2.05 bits per heavy atom. The van der Waals surface area contributed by atoms with Gasteiger partial charge < -0.3 is 9.73 Å². The van der Waals surface area contributed by atoms with Crippen molar-refractivity contribution in [2.24, 2.45) is 0 Å². The summed E-state index contributed by atoms with van der Waals surface area (Å²) in [7, 11) is -1.90. The molecule has 1 aliphatic rings. The third-order valence-corrected chi connectivity index (χ3v) is 6.60. The van der Waals surface area contributed by atoms with Gasteiger partial charge in [0.2, 0.25) is 10.0 Å². The Bertz CT molecular complexity index is 600. The summed E-state index contributed by atoms with van der Waals surface area (Å²) >= 11 is 0. The number of sulfonamides is 1. The van der Waals surface area contributed by atoms with Crippen LogP contribution in [0, 0.1) is 6.92 Å². The third-order valence-electron chi connectivity index (χ3n) is 4.42. The van der Waals surface area contributed by atoms with E-state index >= 15 is 0 Å². The fraction of sp³-hybridized carbons (Fsp3) is 0.733. The van der Waals surface area contributed by atoms with Crippen molar-refractivity contribution in [1.29, 1.82) is 0 Å². The van der Waals surface area contributed by atoms with Gasteiger partial charge in [0, 0.05) is 24.7 Å². The first-order valence-corrected chi connectivity index (χ1v) is 8.94. The van der Waals surface area contributed by atoms with E-state index in [1.807, 2.05) is 20.8 Å². The first kappa shape index (κ1) is 16.5. The molecular weight excluding hydrogens is 288 g/mol. The Morgan fingerprint density at radius 1 is 1.43 bits per heavy atom. The van der Waals surface area contributed by atoms with Crippen LogP contribution in [0.1, 0.15) is 51.6 Å². The average Bonchev–Trinajstić information content (AvgIpc) is 3.17. The van der Waals surface area contributed by atoms with E-state index in [1.165, 1.54) is 17.1 Å². The zero-order chi connectivity index (χ0) is 15.8. The Labute approximate surface area is 127 Å². The summed E-state index contributed by atoms with van der Waals surface area (Å²) in [6.07, 6.45) is 3.13. The highest BCUT2D eigenvalue weighted by atomic mass is 32.2. The van der Waals surface area contributed by atoms with E-state index < -0.39 is 15.6 Å². The molecule has 0 spiro atoms. The molecule has 0 radical (unpaired) electrons. The zero-order valence-electron chi connectivity index (χ0n) is 13.6. The molecule has 1 N–H and O–H groups in total. The molecule has 0 aromatic carbocycles. The standard InChI is InChI=1S/C15H26N2O3S/c1-6-15(3,4)17(5)21(18,19)14-9-13(20-11(14)2)10-16-12-7-8-12/h9,12,16H,6-8,10H2,1-5H3. The lowest BCUT2D eigenvalue weighted by Gasteiger charge is -2.33. The smallest absolute Gasteiger partial charge is 0.246 e. The van der Waals surface area contributed by atoms with Crippen LogP contribution in [0.25, 0.3) is 0 Å². The van der Waals surface area contributed by atoms with Gasteiger partial charge in [-0.1, -0.05) is 6.92 Å². The van der Waals surface area contributed by atoms with Crippen LogP contribution in [0.2, 0.25) is 0 Å². The van der Waals surface area contributed by atoms with E-state index in [1.54, 1.807) is 20.0 Å². The fourth-order valence-corrected chi connectivity index (χ4v) is 3.86. The average molecular weight is 314 g/mol. The second kappa shape index (κ2) is 5.74. The Morgan fingerprint density at radius 3 is 2.57 bits per heavy atom. The molecule has 1 heterocycles. The van der Waals surface area contributed by atoms with Crippen LogP contribution < -0.4 is 5.32 Å². The highest BCUT2D eigenvalue weighted by molar-refractivity contribution is 7.89. The van der Waals surface area contributed by atoms with Crippen molar-refractivity contribution in [3.63, 3.8) is 0 Å². The van der Waals surface area contributed by atoms with Crippen molar-refractivity contribution < 1.29 is 12.8 Å². The number of hydrogen-bond acceptors (Lipinski definition) is 4. The first-order chi connectivity index (χ1) is 9.68. The number of nitrogens with one attached hydrogen (secondary N) is 1. The van der Waals surface area contributed by atoms with Crippen LogP contribution in [-0.4, -0.2) is 31.4 Å². The van der Waals surface area contributed by atoms with Gasteiger partial charge in [0.15, 0.2) is 0 Å². The summed E-state index contributed by atoms with van der Waals surface area (Å²) < 4.78 is 32.6. The maximum Gasteiger partial charge on any atom is 0.246 e. The Balaban J connectivity index is 2.22. The van der Waals surface area contributed by atoms with Gasteiger partial charge in [0.05, 0.1) is 6.54 Å². The highest BCUT2D eigenvalue weighted by Gasteiger charge is 2.35. The first-order valence-electron chi connectivity index (χ1n) is 7.50. The van der Waals surface area contributed by atoms with Crippen LogP contribution in [0.4, 0.5) is 0 Å². The molecule has 1 saturated carbocycles. The minimum atomic E-state index is -3.53. The molecule has 0 amide bonds. The molecule has 120 valence electrons. The van der Waals surface area contributed by atoms with E-state index in [0.717, 1.165) is 6.42 Å². The molecule has 0 unspecified atom stereocenters. The quantitative estimate of drug-likeness (QED) is 0.840. The van der Waals surface area contributed by atoms with E-state index in [4.69, 9.17) is 4.42 Å². The second-order valence-electron chi connectivity index (χ2n) is 6.43. The van der Waals surface area contributed by atoms with Gasteiger partial charge in [-0.05, 0) is 40.0 Å². The summed E-state index contributed by atoms with van der Waals surface area (Å²) in [6.45, 7) is 8.13. The zero-order valence-corrected chi connectivity index (χ0v) is 14.4. The van der Waals surface area contributed by atoms with Crippen molar-refractivity contribution in [3.05, 3.63) is 17.6 Å². The van der Waals surface area contributed by atoms with Crippen molar-refractivity contribution >= 4 is 10.0 Å². The summed E-state index contributed by atoms with van der Waals surface area (Å²) in [4.78, 5) is 0.277. The van der Waals surface area contributed by atoms with Crippen molar-refractivity contribution in [2.75, 3.05) is 7.05 Å². The SMILES string of the molecule is CCC(C)(C)N(C)S(=O)(=O)c1cc(CNC2CC2)oc1C. The maximum atomic E-state index is 12.8. The molecule has 1 aromatic heterocycles. The number of aryl methyl sites for hydroxylation is 1. The molecule has 0 atom stereocenters. The maximum absolute atomic E-state index is 12.8. The molecule has 1 fully saturated rings. The summed E-state index contributed by atoms with van der Waals surface area (Å²) in [5.74, 6) is 1.14. The molecule has 0 aliphatic heterocycles. The summed E-state index contributed by atoms with van der Waals surface area (Å²) in [6, 6.07) is 2.22. The summed E-state index contributed by atoms with van der Waals surface area (Å²) in [5.41, 5.74) is -0.422. The topological polar surface area (TPSA) is 62.6 Å². The Hall–Kier alpha value is -0.850. The minimum Gasteiger partial charge on any atom is -0.464 e. The molecule has 6 heteroatoms. The highest BCUT2D eigenvalue weighted by Crippen LogP contribution is 2.29. The van der Waals surface area contributed by atoms with Gasteiger partial charge in [-0.15, -0.1) is 0 Å². The van der Waals surface area contributed by atoms with Gasteiger partial charge in [-0.25, -0.2) is 8.42 Å². The normalized spacial score (nSPS) is 16.7. The van der Waals surface area contributed by atoms with Crippen LogP contribution in [-0.2, 0) is 16.6 Å². The summed E-state index contributed by atoms with van der Waals surface area (Å²) in [5, 5.41) is 3.33. The molecular formula is C15H26N2O3S. The van der Waals surface area contributed by atoms with Gasteiger partial charge in [-0.2, -0.15) is 4.31 Å². The molecule has 0 saturated heterocycles. The molecule has 5 nitrogen and oxygen atoms in total. The van der Waals surface area contributed by atoms with Crippen LogP contribution in [0.3, 0.4) is 0 Å². The lowest BCUT2D eigenvalue weighted by atomic mass is 10.0. The van der Waals surface area contributed by atoms with Crippen molar-refractivity contribution in [2.45, 2.75) is 70.0 Å². The van der Waals surface area contributed by atoms with Gasteiger partial charge >= 0.3 is 0 Å². The van der Waals surface area contributed by atoms with E-state index in [0.29, 0.717) is 24.1 Å². The Kier molecular flexibility index (Phi) is 4.52. The second-order valence-corrected chi connectivity index (χ2v) is 8.36. The third kappa shape index (κ3) is 3.49. The van der Waals surface area contributed by atoms with Gasteiger partial charge in [0.1, 0.15) is 16.4 Å². The molecule has 1 aromatic rings. The number of furan rings is 1. The predicted molar refractivity (Wildman–Crippen MR) is 82.6 cm³/mol. The van der Waals surface area contributed by atoms with Crippen LogP contribution in [0.5, 0.6) is 0 Å². The number of hydrogen-bond donors (Lipinski definition) is 1. The van der Waals surface area contributed by atoms with Crippen molar-refractivity contribution in [1.82, 2.24) is 9.62 Å². The number of rotatable bonds is 7. The van der Waals surface area contributed by atoms with E-state index in [-0.39, 0.29) is 4.90 Å². The van der Waals surface area contributed by atoms with E-state index in [2.05, 4.69) is 5.32 Å².